The van der Waals surface area contributed by atoms with E-state index in [1.165, 1.54) is 11.1 Å². The first-order valence-electron chi connectivity index (χ1n) is 4.20. The van der Waals surface area contributed by atoms with Crippen molar-refractivity contribution in [1.82, 2.24) is 15.0 Å². The summed E-state index contributed by atoms with van der Waals surface area (Å²) in [5, 5.41) is 7.75. The Morgan fingerprint density at radius 3 is 2.62 bits per heavy atom. The maximum Gasteiger partial charge on any atom is 0.0884 e. The van der Waals surface area contributed by atoms with Crippen LogP contribution in [-0.4, -0.2) is 15.0 Å². The molecule has 3 heteroatoms. The summed E-state index contributed by atoms with van der Waals surface area (Å²) in [5.74, 6) is 0. The molecule has 0 spiro atoms. The molecule has 1 heterocycles. The molecule has 3 nitrogen and oxygen atoms in total. The molecule has 2 aromatic rings. The van der Waals surface area contributed by atoms with Crippen molar-refractivity contribution in [2.75, 3.05) is 0 Å². The van der Waals surface area contributed by atoms with Crippen molar-refractivity contribution in [2.24, 2.45) is 7.05 Å². The highest BCUT2D eigenvalue weighted by molar-refractivity contribution is 5.62. The molecule has 0 aliphatic carbocycles. The van der Waals surface area contributed by atoms with Gasteiger partial charge in [0.2, 0.25) is 0 Å². The van der Waals surface area contributed by atoms with Gasteiger partial charge in [0.25, 0.3) is 0 Å². The molecule has 1 aromatic carbocycles. The monoisotopic (exact) mass is 173 g/mol. The molecule has 0 unspecified atom stereocenters. The van der Waals surface area contributed by atoms with Gasteiger partial charge in [-0.3, -0.25) is 0 Å². The molecule has 0 fully saturated rings. The van der Waals surface area contributed by atoms with Gasteiger partial charge in [-0.15, -0.1) is 5.10 Å². The zero-order valence-electron chi connectivity index (χ0n) is 7.73. The van der Waals surface area contributed by atoms with E-state index in [0.29, 0.717) is 0 Å². The van der Waals surface area contributed by atoms with Gasteiger partial charge in [-0.05, 0) is 12.5 Å². The largest absolute Gasteiger partial charge is 0.248 e. The number of nitrogens with zero attached hydrogens (tertiary/aromatic N) is 3. The van der Waals surface area contributed by atoms with Gasteiger partial charge >= 0.3 is 0 Å². The van der Waals surface area contributed by atoms with Gasteiger partial charge < -0.3 is 0 Å². The summed E-state index contributed by atoms with van der Waals surface area (Å²) in [6.45, 7) is 2.09. The van der Waals surface area contributed by atoms with Gasteiger partial charge in [-0.2, -0.15) is 0 Å². The number of aromatic nitrogens is 3. The molecule has 0 bridgehead atoms. The van der Waals surface area contributed by atoms with E-state index < -0.39 is 0 Å². The van der Waals surface area contributed by atoms with Crippen molar-refractivity contribution in [2.45, 2.75) is 6.92 Å². The topological polar surface area (TPSA) is 30.7 Å². The van der Waals surface area contributed by atoms with Crippen molar-refractivity contribution < 1.29 is 0 Å². The van der Waals surface area contributed by atoms with Crippen LogP contribution in [0.15, 0.2) is 30.5 Å². The Bertz CT molecular complexity index is 418. The first-order chi connectivity index (χ1) is 6.29. The van der Waals surface area contributed by atoms with Crippen LogP contribution in [0.3, 0.4) is 0 Å². The second-order valence-corrected chi connectivity index (χ2v) is 3.06. The van der Waals surface area contributed by atoms with Crippen LogP contribution in [0, 0.1) is 6.92 Å². The number of hydrogen-bond donors (Lipinski definition) is 0. The minimum absolute atomic E-state index is 1.05. The van der Waals surface area contributed by atoms with Crippen LogP contribution in [-0.2, 0) is 7.05 Å². The average Bonchev–Trinajstić information content (AvgIpc) is 2.52. The number of benzene rings is 1. The highest BCUT2D eigenvalue weighted by atomic mass is 15.4. The van der Waals surface area contributed by atoms with Gasteiger partial charge in [0.15, 0.2) is 0 Å². The molecule has 0 N–H and O–H groups in total. The fourth-order valence-electron chi connectivity index (χ4n) is 1.39. The summed E-state index contributed by atoms with van der Waals surface area (Å²) in [4.78, 5) is 0. The summed E-state index contributed by atoms with van der Waals surface area (Å²) in [6, 6.07) is 8.22. The lowest BCUT2D eigenvalue weighted by molar-refractivity contribution is 0.720. The normalized spacial score (nSPS) is 10.3. The minimum Gasteiger partial charge on any atom is -0.248 e. The maximum absolute atomic E-state index is 3.90. The standard InChI is InChI=1S/C10H11N3/c1-8-5-3-4-6-9(8)10-7-11-12-13(10)2/h3-7H,1-2H3. The third kappa shape index (κ3) is 1.33. The maximum atomic E-state index is 3.90. The van der Waals surface area contributed by atoms with Crippen molar-refractivity contribution in [3.63, 3.8) is 0 Å². The van der Waals surface area contributed by atoms with E-state index in [0.717, 1.165) is 5.69 Å². The second kappa shape index (κ2) is 3.01. The lowest BCUT2D eigenvalue weighted by atomic mass is 10.1. The highest BCUT2D eigenvalue weighted by Gasteiger charge is 2.04. The van der Waals surface area contributed by atoms with Crippen LogP contribution in [0.5, 0.6) is 0 Å². The van der Waals surface area contributed by atoms with E-state index in [2.05, 4.69) is 29.4 Å². The number of rotatable bonds is 1. The van der Waals surface area contributed by atoms with Crippen LogP contribution in [0.25, 0.3) is 11.3 Å². The van der Waals surface area contributed by atoms with E-state index in [4.69, 9.17) is 0 Å². The Labute approximate surface area is 77.0 Å². The van der Waals surface area contributed by atoms with E-state index in [9.17, 15) is 0 Å². The van der Waals surface area contributed by atoms with Gasteiger partial charge in [0.1, 0.15) is 0 Å². The molecular weight excluding hydrogens is 162 g/mol. The van der Waals surface area contributed by atoms with Crippen LogP contribution in [0.4, 0.5) is 0 Å². The third-order valence-electron chi connectivity index (χ3n) is 2.14. The summed E-state index contributed by atoms with van der Waals surface area (Å²) in [6.07, 6.45) is 1.78. The van der Waals surface area contributed by atoms with Crippen LogP contribution in [0.1, 0.15) is 5.56 Å². The molecule has 0 atom stereocenters. The Hall–Kier alpha value is -1.64. The smallest absolute Gasteiger partial charge is 0.0884 e. The number of hydrogen-bond acceptors (Lipinski definition) is 2. The predicted molar refractivity (Wildman–Crippen MR) is 51.2 cm³/mol. The molecular formula is C10H11N3. The van der Waals surface area contributed by atoms with E-state index in [-0.39, 0.29) is 0 Å². The molecule has 66 valence electrons. The summed E-state index contributed by atoms with van der Waals surface area (Å²) in [5.41, 5.74) is 3.49. The Morgan fingerprint density at radius 1 is 1.23 bits per heavy atom. The summed E-state index contributed by atoms with van der Waals surface area (Å²) < 4.78 is 1.78. The first kappa shape index (κ1) is 7.98. The van der Waals surface area contributed by atoms with E-state index >= 15 is 0 Å². The highest BCUT2D eigenvalue weighted by Crippen LogP contribution is 2.20. The lowest BCUT2D eigenvalue weighted by Crippen LogP contribution is -1.94. The zero-order valence-corrected chi connectivity index (χ0v) is 7.73. The van der Waals surface area contributed by atoms with Gasteiger partial charge in [0, 0.05) is 12.6 Å². The second-order valence-electron chi connectivity index (χ2n) is 3.06. The van der Waals surface area contributed by atoms with Gasteiger partial charge in [0.05, 0.1) is 11.9 Å². The van der Waals surface area contributed by atoms with Gasteiger partial charge in [-0.25, -0.2) is 4.68 Å². The molecule has 13 heavy (non-hydrogen) atoms. The van der Waals surface area contributed by atoms with Crippen molar-refractivity contribution >= 4 is 0 Å². The third-order valence-corrected chi connectivity index (χ3v) is 2.14. The molecule has 0 radical (unpaired) electrons. The van der Waals surface area contributed by atoms with E-state index in [1.54, 1.807) is 10.9 Å². The van der Waals surface area contributed by atoms with Crippen molar-refractivity contribution in [1.29, 1.82) is 0 Å². The molecule has 0 amide bonds. The molecule has 0 saturated carbocycles. The van der Waals surface area contributed by atoms with Crippen molar-refractivity contribution in [3.8, 4) is 11.3 Å². The quantitative estimate of drug-likeness (QED) is 0.658. The molecule has 0 aliphatic rings. The predicted octanol–water partition coefficient (Wildman–Crippen LogP) is 1.79. The molecule has 0 aliphatic heterocycles. The lowest BCUT2D eigenvalue weighted by Gasteiger charge is -2.03. The number of aryl methyl sites for hydroxylation is 2. The fourth-order valence-corrected chi connectivity index (χ4v) is 1.39. The fraction of sp³-hybridized carbons (Fsp3) is 0.200. The van der Waals surface area contributed by atoms with Crippen molar-refractivity contribution in [3.05, 3.63) is 36.0 Å². The summed E-state index contributed by atoms with van der Waals surface area (Å²) >= 11 is 0. The Kier molecular flexibility index (Phi) is 1.85. The molecule has 0 saturated heterocycles. The van der Waals surface area contributed by atoms with Crippen LogP contribution in [0.2, 0.25) is 0 Å². The Morgan fingerprint density at radius 2 is 2.00 bits per heavy atom. The zero-order chi connectivity index (χ0) is 9.26. The summed E-state index contributed by atoms with van der Waals surface area (Å²) in [7, 11) is 1.90. The Balaban J connectivity index is 2.59. The van der Waals surface area contributed by atoms with E-state index in [1.807, 2.05) is 19.2 Å². The first-order valence-corrected chi connectivity index (χ1v) is 4.20. The molecule has 2 rings (SSSR count). The average molecular weight is 173 g/mol. The minimum atomic E-state index is 1.05. The molecule has 1 aromatic heterocycles. The van der Waals surface area contributed by atoms with Crippen LogP contribution < -0.4 is 0 Å². The SMILES string of the molecule is Cc1ccccc1-c1cnnn1C. The van der Waals surface area contributed by atoms with Gasteiger partial charge in [-0.1, -0.05) is 29.5 Å². The van der Waals surface area contributed by atoms with Crippen LogP contribution >= 0.6 is 0 Å².